The molecule has 2 amide bonds. The maximum absolute atomic E-state index is 11.9. The molecule has 0 atom stereocenters. The molecule has 1 aliphatic carbocycles. The van der Waals surface area contributed by atoms with Gasteiger partial charge in [0.15, 0.2) is 0 Å². The molecule has 0 unspecified atom stereocenters. The summed E-state index contributed by atoms with van der Waals surface area (Å²) in [5, 5.41) is 14.5. The lowest BCUT2D eigenvalue weighted by molar-refractivity contribution is 0.0697. The highest BCUT2D eigenvalue weighted by Crippen LogP contribution is 2.62. The minimum atomic E-state index is -1.02. The first-order chi connectivity index (χ1) is 9.16. The molecular formula is C15H20N2O3. The van der Waals surface area contributed by atoms with Gasteiger partial charge in [-0.05, 0) is 29.0 Å². The molecule has 0 aliphatic heterocycles. The maximum atomic E-state index is 11.9. The predicted molar refractivity (Wildman–Crippen MR) is 76.9 cm³/mol. The van der Waals surface area contributed by atoms with Crippen molar-refractivity contribution in [2.45, 2.75) is 33.7 Å². The standard InChI is InChI=1S/C15H20N2O3/c1-14(2)12(15(14,3)4)17-13(20)16-10-7-5-6-9(8-10)11(18)19/h5-8,12H,1-4H3,(H,18,19)(H2,16,17,20). The van der Waals surface area contributed by atoms with E-state index in [2.05, 4.69) is 38.3 Å². The summed E-state index contributed by atoms with van der Waals surface area (Å²) in [6.45, 7) is 8.46. The maximum Gasteiger partial charge on any atom is 0.335 e. The molecule has 1 aromatic rings. The fourth-order valence-corrected chi connectivity index (χ4v) is 2.59. The molecule has 1 saturated carbocycles. The van der Waals surface area contributed by atoms with Crippen LogP contribution in [0.1, 0.15) is 38.1 Å². The Hall–Kier alpha value is -2.04. The first kappa shape index (κ1) is 14.4. The first-order valence-corrected chi connectivity index (χ1v) is 6.57. The van der Waals surface area contributed by atoms with Gasteiger partial charge in [-0.15, -0.1) is 0 Å². The van der Waals surface area contributed by atoms with Crippen LogP contribution in [0.25, 0.3) is 0 Å². The number of hydrogen-bond donors (Lipinski definition) is 3. The van der Waals surface area contributed by atoms with Crippen molar-refractivity contribution in [2.24, 2.45) is 10.8 Å². The number of carboxylic acid groups (broad SMARTS) is 1. The summed E-state index contributed by atoms with van der Waals surface area (Å²) in [6, 6.07) is 5.98. The normalized spacial score (nSPS) is 19.2. The molecular weight excluding hydrogens is 256 g/mol. The van der Waals surface area contributed by atoms with Crippen molar-refractivity contribution in [3.63, 3.8) is 0 Å². The van der Waals surface area contributed by atoms with Gasteiger partial charge in [0.1, 0.15) is 0 Å². The van der Waals surface area contributed by atoms with E-state index in [9.17, 15) is 9.59 Å². The van der Waals surface area contributed by atoms with E-state index in [1.165, 1.54) is 12.1 Å². The van der Waals surface area contributed by atoms with Gasteiger partial charge in [0, 0.05) is 11.7 Å². The molecule has 0 radical (unpaired) electrons. The van der Waals surface area contributed by atoms with E-state index in [0.29, 0.717) is 5.69 Å². The highest BCUT2D eigenvalue weighted by atomic mass is 16.4. The topological polar surface area (TPSA) is 78.4 Å². The molecule has 5 nitrogen and oxygen atoms in total. The number of anilines is 1. The molecule has 108 valence electrons. The van der Waals surface area contributed by atoms with Crippen LogP contribution in [0.15, 0.2) is 24.3 Å². The van der Waals surface area contributed by atoms with E-state index in [-0.39, 0.29) is 28.5 Å². The lowest BCUT2D eigenvalue weighted by Crippen LogP contribution is -2.33. The highest BCUT2D eigenvalue weighted by molar-refractivity contribution is 5.93. The molecule has 0 spiro atoms. The van der Waals surface area contributed by atoms with Crippen molar-refractivity contribution < 1.29 is 14.7 Å². The second kappa shape index (κ2) is 4.51. The van der Waals surface area contributed by atoms with Crippen LogP contribution in [-0.4, -0.2) is 23.1 Å². The average Bonchev–Trinajstić information content (AvgIpc) is 2.72. The fourth-order valence-electron chi connectivity index (χ4n) is 2.59. The number of hydrogen-bond acceptors (Lipinski definition) is 2. The summed E-state index contributed by atoms with van der Waals surface area (Å²) in [7, 11) is 0. The molecule has 0 bridgehead atoms. The van der Waals surface area contributed by atoms with E-state index in [1.54, 1.807) is 12.1 Å². The monoisotopic (exact) mass is 276 g/mol. The average molecular weight is 276 g/mol. The van der Waals surface area contributed by atoms with Crippen LogP contribution in [0.4, 0.5) is 10.5 Å². The number of carbonyl (C=O) groups is 2. The third-order valence-electron chi connectivity index (χ3n) is 4.66. The highest BCUT2D eigenvalue weighted by Gasteiger charge is 2.65. The van der Waals surface area contributed by atoms with Gasteiger partial charge in [-0.25, -0.2) is 9.59 Å². The lowest BCUT2D eigenvalue weighted by atomic mass is 10.0. The second-order valence-electron chi connectivity index (χ2n) is 6.36. The number of amides is 2. The van der Waals surface area contributed by atoms with E-state index in [4.69, 9.17) is 5.11 Å². The van der Waals surface area contributed by atoms with Crippen LogP contribution in [-0.2, 0) is 0 Å². The van der Waals surface area contributed by atoms with Crippen molar-refractivity contribution in [3.8, 4) is 0 Å². The molecule has 20 heavy (non-hydrogen) atoms. The third kappa shape index (κ3) is 2.35. The molecule has 5 heteroatoms. The van der Waals surface area contributed by atoms with Gasteiger partial charge in [0.2, 0.25) is 0 Å². The number of aromatic carboxylic acids is 1. The van der Waals surface area contributed by atoms with Gasteiger partial charge >= 0.3 is 12.0 Å². The van der Waals surface area contributed by atoms with E-state index in [1.807, 2.05) is 0 Å². The molecule has 0 saturated heterocycles. The van der Waals surface area contributed by atoms with Crippen LogP contribution >= 0.6 is 0 Å². The van der Waals surface area contributed by atoms with Crippen molar-refractivity contribution in [1.29, 1.82) is 0 Å². The van der Waals surface area contributed by atoms with Crippen molar-refractivity contribution >= 4 is 17.7 Å². The Balaban J connectivity index is 2.00. The van der Waals surface area contributed by atoms with E-state index < -0.39 is 5.97 Å². The molecule has 3 N–H and O–H groups in total. The summed E-state index contributed by atoms with van der Waals surface area (Å²) < 4.78 is 0. The minimum Gasteiger partial charge on any atom is -0.478 e. The van der Waals surface area contributed by atoms with Gasteiger partial charge in [-0.3, -0.25) is 0 Å². The Morgan fingerprint density at radius 2 is 1.75 bits per heavy atom. The van der Waals surface area contributed by atoms with Gasteiger partial charge in [-0.1, -0.05) is 33.8 Å². The summed E-state index contributed by atoms with van der Waals surface area (Å²) >= 11 is 0. The van der Waals surface area contributed by atoms with Crippen LogP contribution in [0.3, 0.4) is 0 Å². The van der Waals surface area contributed by atoms with Crippen LogP contribution < -0.4 is 10.6 Å². The van der Waals surface area contributed by atoms with Crippen LogP contribution in [0.2, 0.25) is 0 Å². The number of urea groups is 1. The number of carbonyl (C=O) groups excluding carboxylic acids is 1. The number of carboxylic acids is 1. The van der Waals surface area contributed by atoms with Gasteiger partial charge in [0.25, 0.3) is 0 Å². The summed E-state index contributed by atoms with van der Waals surface area (Å²) in [6.07, 6.45) is 0. The van der Waals surface area contributed by atoms with Crippen molar-refractivity contribution in [1.82, 2.24) is 5.32 Å². The Morgan fingerprint density at radius 3 is 2.25 bits per heavy atom. The molecule has 1 aliphatic rings. The molecule has 1 aromatic carbocycles. The SMILES string of the molecule is CC1(C)C(NC(=O)Nc2cccc(C(=O)O)c2)C1(C)C. The second-order valence-corrected chi connectivity index (χ2v) is 6.36. The number of nitrogens with one attached hydrogen (secondary N) is 2. The molecule has 0 heterocycles. The minimum absolute atomic E-state index is 0.0628. The molecule has 0 aromatic heterocycles. The zero-order valence-electron chi connectivity index (χ0n) is 12.2. The van der Waals surface area contributed by atoms with E-state index in [0.717, 1.165) is 0 Å². The predicted octanol–water partition coefficient (Wildman–Crippen LogP) is 2.94. The zero-order valence-corrected chi connectivity index (χ0v) is 12.2. The Morgan fingerprint density at radius 1 is 1.15 bits per heavy atom. The van der Waals surface area contributed by atoms with E-state index >= 15 is 0 Å². The zero-order chi connectivity index (χ0) is 15.1. The summed E-state index contributed by atoms with van der Waals surface area (Å²) in [5.74, 6) is -1.02. The van der Waals surface area contributed by atoms with Crippen LogP contribution in [0, 0.1) is 10.8 Å². The lowest BCUT2D eigenvalue weighted by Gasteiger charge is -2.09. The van der Waals surface area contributed by atoms with Crippen LogP contribution in [0.5, 0.6) is 0 Å². The number of benzene rings is 1. The summed E-state index contributed by atoms with van der Waals surface area (Å²) in [5.41, 5.74) is 0.745. The Labute approximate surface area is 118 Å². The quantitative estimate of drug-likeness (QED) is 0.794. The number of rotatable bonds is 3. The van der Waals surface area contributed by atoms with Crippen molar-refractivity contribution in [3.05, 3.63) is 29.8 Å². The van der Waals surface area contributed by atoms with Gasteiger partial charge in [-0.2, -0.15) is 0 Å². The smallest absolute Gasteiger partial charge is 0.335 e. The largest absolute Gasteiger partial charge is 0.478 e. The Kier molecular flexibility index (Phi) is 3.24. The Bertz CT molecular complexity index is 550. The third-order valence-corrected chi connectivity index (χ3v) is 4.66. The van der Waals surface area contributed by atoms with Crippen molar-refractivity contribution in [2.75, 3.05) is 5.32 Å². The molecule has 2 rings (SSSR count). The fraction of sp³-hybridized carbons (Fsp3) is 0.467. The first-order valence-electron chi connectivity index (χ1n) is 6.57. The van der Waals surface area contributed by atoms with Gasteiger partial charge < -0.3 is 15.7 Å². The molecule has 1 fully saturated rings. The summed E-state index contributed by atoms with van der Waals surface area (Å²) in [4.78, 5) is 22.8. The van der Waals surface area contributed by atoms with Gasteiger partial charge in [0.05, 0.1) is 5.56 Å².